The summed E-state index contributed by atoms with van der Waals surface area (Å²) < 4.78 is 0. The first kappa shape index (κ1) is 14.7. The van der Waals surface area contributed by atoms with Crippen LogP contribution in [0.4, 0.5) is 0 Å². The Hall–Kier alpha value is -1.35. The van der Waals surface area contributed by atoms with Crippen molar-refractivity contribution in [2.75, 3.05) is 14.1 Å². The van der Waals surface area contributed by atoms with Gasteiger partial charge < -0.3 is 5.11 Å². The lowest BCUT2D eigenvalue weighted by Gasteiger charge is -2.38. The van der Waals surface area contributed by atoms with Gasteiger partial charge in [0.2, 0.25) is 0 Å². The van der Waals surface area contributed by atoms with Crippen LogP contribution in [0.3, 0.4) is 0 Å². The lowest BCUT2D eigenvalue weighted by atomic mass is 9.82. The SMILES string of the molecule is CCc1ccc(C(CC)(CC(=O)O)N(C)C)cc1. The Morgan fingerprint density at radius 2 is 1.78 bits per heavy atom. The van der Waals surface area contributed by atoms with Crippen LogP contribution in [0.1, 0.15) is 37.8 Å². The molecule has 0 spiro atoms. The molecule has 1 atom stereocenters. The van der Waals surface area contributed by atoms with Crippen molar-refractivity contribution in [3.63, 3.8) is 0 Å². The van der Waals surface area contributed by atoms with Gasteiger partial charge >= 0.3 is 5.97 Å². The van der Waals surface area contributed by atoms with Crippen molar-refractivity contribution in [1.29, 1.82) is 0 Å². The average molecular weight is 249 g/mol. The highest BCUT2D eigenvalue weighted by Gasteiger charge is 2.35. The molecule has 0 aromatic heterocycles. The lowest BCUT2D eigenvalue weighted by Crippen LogP contribution is -2.42. The molecule has 0 radical (unpaired) electrons. The smallest absolute Gasteiger partial charge is 0.305 e. The highest BCUT2D eigenvalue weighted by molar-refractivity contribution is 5.69. The van der Waals surface area contributed by atoms with E-state index >= 15 is 0 Å². The standard InChI is InChI=1S/C15H23NO2/c1-5-12-7-9-13(10-8-12)15(6-2,16(3)4)11-14(17)18/h7-10H,5-6,11H2,1-4H3,(H,17,18). The first-order chi connectivity index (χ1) is 8.46. The molecule has 3 heteroatoms. The Morgan fingerprint density at radius 3 is 2.11 bits per heavy atom. The Kier molecular flexibility index (Phi) is 4.91. The quantitative estimate of drug-likeness (QED) is 0.842. The Labute approximate surface area is 109 Å². The molecule has 1 aromatic carbocycles. The average Bonchev–Trinajstić information content (AvgIpc) is 2.35. The number of benzene rings is 1. The van der Waals surface area contributed by atoms with E-state index < -0.39 is 11.5 Å². The second-order valence-electron chi connectivity index (χ2n) is 4.90. The Morgan fingerprint density at radius 1 is 1.22 bits per heavy atom. The first-order valence-corrected chi connectivity index (χ1v) is 6.45. The van der Waals surface area contributed by atoms with E-state index in [4.69, 9.17) is 5.11 Å². The summed E-state index contributed by atoms with van der Waals surface area (Å²) in [6.45, 7) is 4.15. The van der Waals surface area contributed by atoms with Gasteiger partial charge in [-0.05, 0) is 38.1 Å². The van der Waals surface area contributed by atoms with Gasteiger partial charge in [0.1, 0.15) is 0 Å². The molecule has 1 unspecified atom stereocenters. The van der Waals surface area contributed by atoms with E-state index in [0.29, 0.717) is 0 Å². The number of carboxylic acids is 1. The summed E-state index contributed by atoms with van der Waals surface area (Å²) >= 11 is 0. The van der Waals surface area contributed by atoms with Crippen LogP contribution in [-0.2, 0) is 16.8 Å². The molecule has 3 nitrogen and oxygen atoms in total. The highest BCUT2D eigenvalue weighted by atomic mass is 16.4. The Bertz CT molecular complexity index is 397. The molecule has 0 saturated carbocycles. The minimum absolute atomic E-state index is 0.127. The van der Waals surface area contributed by atoms with Crippen molar-refractivity contribution in [1.82, 2.24) is 4.90 Å². The van der Waals surface area contributed by atoms with E-state index in [1.165, 1.54) is 5.56 Å². The van der Waals surface area contributed by atoms with E-state index in [9.17, 15) is 4.79 Å². The van der Waals surface area contributed by atoms with Crippen molar-refractivity contribution < 1.29 is 9.90 Å². The number of carboxylic acid groups (broad SMARTS) is 1. The predicted molar refractivity (Wildman–Crippen MR) is 73.7 cm³/mol. The molecule has 0 fully saturated rings. The van der Waals surface area contributed by atoms with Crippen LogP contribution in [-0.4, -0.2) is 30.1 Å². The van der Waals surface area contributed by atoms with Crippen LogP contribution >= 0.6 is 0 Å². The molecule has 0 amide bonds. The molecule has 0 aliphatic rings. The summed E-state index contributed by atoms with van der Waals surface area (Å²) in [7, 11) is 3.89. The van der Waals surface area contributed by atoms with Gasteiger partial charge in [0, 0.05) is 0 Å². The molecule has 0 aliphatic heterocycles. The minimum Gasteiger partial charge on any atom is -0.481 e. The topological polar surface area (TPSA) is 40.5 Å². The van der Waals surface area contributed by atoms with Gasteiger partial charge in [0.15, 0.2) is 0 Å². The lowest BCUT2D eigenvalue weighted by molar-refractivity contribution is -0.140. The first-order valence-electron chi connectivity index (χ1n) is 6.45. The molecule has 100 valence electrons. The fourth-order valence-corrected chi connectivity index (χ4v) is 2.46. The molecule has 0 bridgehead atoms. The summed E-state index contributed by atoms with van der Waals surface area (Å²) in [5.74, 6) is -0.759. The molecule has 1 aromatic rings. The van der Waals surface area contributed by atoms with Crippen molar-refractivity contribution in [2.24, 2.45) is 0 Å². The van der Waals surface area contributed by atoms with Crippen molar-refractivity contribution >= 4 is 5.97 Å². The number of nitrogens with zero attached hydrogens (tertiary/aromatic N) is 1. The molecule has 0 heterocycles. The largest absolute Gasteiger partial charge is 0.481 e. The van der Waals surface area contributed by atoms with E-state index in [1.54, 1.807) is 0 Å². The zero-order chi connectivity index (χ0) is 13.8. The fourth-order valence-electron chi connectivity index (χ4n) is 2.46. The van der Waals surface area contributed by atoms with Crippen LogP contribution < -0.4 is 0 Å². The molecule has 18 heavy (non-hydrogen) atoms. The molecule has 1 N–H and O–H groups in total. The maximum Gasteiger partial charge on any atom is 0.305 e. The summed E-state index contributed by atoms with van der Waals surface area (Å²) in [5.41, 5.74) is 1.94. The van der Waals surface area contributed by atoms with E-state index in [1.807, 2.05) is 25.9 Å². The highest BCUT2D eigenvalue weighted by Crippen LogP contribution is 2.34. The minimum atomic E-state index is -0.759. The number of aliphatic carboxylic acids is 1. The number of hydrogen-bond acceptors (Lipinski definition) is 2. The summed E-state index contributed by atoms with van der Waals surface area (Å²) in [5, 5.41) is 9.16. The zero-order valence-corrected chi connectivity index (χ0v) is 11.7. The molecule has 0 aliphatic carbocycles. The normalized spacial score (nSPS) is 14.5. The van der Waals surface area contributed by atoms with Gasteiger partial charge in [-0.3, -0.25) is 9.69 Å². The van der Waals surface area contributed by atoms with Crippen molar-refractivity contribution in [3.05, 3.63) is 35.4 Å². The molecular weight excluding hydrogens is 226 g/mol. The zero-order valence-electron chi connectivity index (χ0n) is 11.7. The maximum atomic E-state index is 11.1. The maximum absolute atomic E-state index is 11.1. The van der Waals surface area contributed by atoms with Gasteiger partial charge in [-0.25, -0.2) is 0 Å². The summed E-state index contributed by atoms with van der Waals surface area (Å²) in [6.07, 6.45) is 1.90. The van der Waals surface area contributed by atoms with Crippen LogP contribution in [0.25, 0.3) is 0 Å². The van der Waals surface area contributed by atoms with Crippen LogP contribution in [0.2, 0.25) is 0 Å². The summed E-state index contributed by atoms with van der Waals surface area (Å²) in [4.78, 5) is 13.2. The van der Waals surface area contributed by atoms with Crippen LogP contribution in [0, 0.1) is 0 Å². The third kappa shape index (κ3) is 2.91. The third-order valence-corrected chi connectivity index (χ3v) is 3.78. The van der Waals surface area contributed by atoms with Crippen LogP contribution in [0.5, 0.6) is 0 Å². The van der Waals surface area contributed by atoms with Gasteiger partial charge in [-0.15, -0.1) is 0 Å². The molecular formula is C15H23NO2. The van der Waals surface area contributed by atoms with Crippen molar-refractivity contribution in [3.8, 4) is 0 Å². The Balaban J connectivity index is 3.19. The summed E-state index contributed by atoms with van der Waals surface area (Å²) in [6, 6.07) is 8.30. The van der Waals surface area contributed by atoms with Gasteiger partial charge in [0.05, 0.1) is 12.0 Å². The van der Waals surface area contributed by atoms with Gasteiger partial charge in [-0.2, -0.15) is 0 Å². The monoisotopic (exact) mass is 249 g/mol. The number of aryl methyl sites for hydroxylation is 1. The van der Waals surface area contributed by atoms with E-state index in [2.05, 4.69) is 31.2 Å². The second-order valence-corrected chi connectivity index (χ2v) is 4.90. The number of hydrogen-bond donors (Lipinski definition) is 1. The van der Waals surface area contributed by atoms with E-state index in [-0.39, 0.29) is 6.42 Å². The number of rotatable bonds is 6. The van der Waals surface area contributed by atoms with Crippen molar-refractivity contribution in [2.45, 2.75) is 38.6 Å². The van der Waals surface area contributed by atoms with Gasteiger partial charge in [-0.1, -0.05) is 38.1 Å². The predicted octanol–water partition coefficient (Wildman–Crippen LogP) is 2.89. The van der Waals surface area contributed by atoms with Crippen LogP contribution in [0.15, 0.2) is 24.3 Å². The fraction of sp³-hybridized carbons (Fsp3) is 0.533. The van der Waals surface area contributed by atoms with E-state index in [0.717, 1.165) is 18.4 Å². The molecule has 0 saturated heterocycles. The second kappa shape index (κ2) is 6.01. The number of carbonyl (C=O) groups is 1. The third-order valence-electron chi connectivity index (χ3n) is 3.78. The van der Waals surface area contributed by atoms with Gasteiger partial charge in [0.25, 0.3) is 0 Å². The molecule has 1 rings (SSSR count).